The fraction of sp³-hybridized carbons (Fsp3) is 0.632. The van der Waals surface area contributed by atoms with E-state index >= 15 is 0 Å². The molecule has 2 atom stereocenters. The normalized spacial score (nSPS) is 23.9. The van der Waals surface area contributed by atoms with Gasteiger partial charge < -0.3 is 14.7 Å². The van der Waals surface area contributed by atoms with Crippen LogP contribution in [0.3, 0.4) is 0 Å². The molecular formula is C19H27NO3. The fourth-order valence-corrected chi connectivity index (χ4v) is 3.85. The van der Waals surface area contributed by atoms with Crippen LogP contribution in [-0.2, 0) is 17.6 Å². The molecule has 0 bridgehead atoms. The van der Waals surface area contributed by atoms with E-state index < -0.39 is 6.10 Å². The van der Waals surface area contributed by atoms with Gasteiger partial charge in [0, 0.05) is 7.05 Å². The van der Waals surface area contributed by atoms with Gasteiger partial charge in [-0.2, -0.15) is 0 Å². The summed E-state index contributed by atoms with van der Waals surface area (Å²) in [4.78, 5) is 14.1. The minimum Gasteiger partial charge on any atom is -0.483 e. The van der Waals surface area contributed by atoms with Gasteiger partial charge in [0.15, 0.2) is 6.61 Å². The molecule has 23 heavy (non-hydrogen) atoms. The first-order valence-corrected chi connectivity index (χ1v) is 8.84. The van der Waals surface area contributed by atoms with Crippen molar-refractivity contribution in [2.45, 2.75) is 63.5 Å². The molecule has 1 saturated carbocycles. The molecule has 3 rings (SSSR count). The lowest BCUT2D eigenvalue weighted by Crippen LogP contribution is -2.47. The van der Waals surface area contributed by atoms with Crippen LogP contribution in [0.25, 0.3) is 0 Å². The predicted molar refractivity (Wildman–Crippen MR) is 89.6 cm³/mol. The van der Waals surface area contributed by atoms with E-state index in [0.29, 0.717) is 0 Å². The predicted octanol–water partition coefficient (Wildman–Crippen LogP) is 2.71. The van der Waals surface area contributed by atoms with Gasteiger partial charge in [-0.15, -0.1) is 0 Å². The number of aliphatic hydroxyl groups excluding tert-OH is 1. The maximum atomic E-state index is 12.4. The summed E-state index contributed by atoms with van der Waals surface area (Å²) in [5, 5.41) is 10.1. The van der Waals surface area contributed by atoms with Gasteiger partial charge in [-0.25, -0.2) is 0 Å². The lowest BCUT2D eigenvalue weighted by Gasteiger charge is -2.35. The highest BCUT2D eigenvalue weighted by atomic mass is 16.5. The molecule has 1 amide bonds. The lowest BCUT2D eigenvalue weighted by atomic mass is 9.91. The van der Waals surface area contributed by atoms with Crippen LogP contribution in [-0.4, -0.2) is 41.7 Å². The number of carbonyl (C=O) groups is 1. The molecule has 4 nitrogen and oxygen atoms in total. The molecule has 4 heteroatoms. The van der Waals surface area contributed by atoms with E-state index in [4.69, 9.17) is 4.74 Å². The quantitative estimate of drug-likeness (QED) is 0.929. The summed E-state index contributed by atoms with van der Waals surface area (Å²) in [6.07, 6.45) is 7.96. The van der Waals surface area contributed by atoms with Crippen molar-refractivity contribution in [3.05, 3.63) is 29.3 Å². The first-order valence-electron chi connectivity index (χ1n) is 8.84. The Balaban J connectivity index is 1.60. The Kier molecular flexibility index (Phi) is 5.21. The summed E-state index contributed by atoms with van der Waals surface area (Å²) in [6.45, 7) is 0.0518. The first-order chi connectivity index (χ1) is 11.2. The number of amides is 1. The van der Waals surface area contributed by atoms with Gasteiger partial charge in [-0.1, -0.05) is 25.0 Å². The van der Waals surface area contributed by atoms with Gasteiger partial charge in [0.05, 0.1) is 12.1 Å². The number of hydrogen-bond acceptors (Lipinski definition) is 3. The van der Waals surface area contributed by atoms with Crippen LogP contribution in [0.4, 0.5) is 0 Å². The monoisotopic (exact) mass is 317 g/mol. The number of benzene rings is 1. The minimum absolute atomic E-state index is 0.0515. The van der Waals surface area contributed by atoms with Crippen molar-refractivity contribution in [2.24, 2.45) is 0 Å². The zero-order chi connectivity index (χ0) is 16.2. The number of nitrogens with zero attached hydrogens (tertiary/aromatic N) is 1. The van der Waals surface area contributed by atoms with Crippen LogP contribution in [0.5, 0.6) is 5.75 Å². The largest absolute Gasteiger partial charge is 0.483 e. The maximum Gasteiger partial charge on any atom is 0.260 e. The molecule has 126 valence electrons. The van der Waals surface area contributed by atoms with E-state index in [1.54, 1.807) is 11.9 Å². The first kappa shape index (κ1) is 16.3. The zero-order valence-electron chi connectivity index (χ0n) is 14.0. The summed E-state index contributed by atoms with van der Waals surface area (Å²) in [5.41, 5.74) is 2.63. The Morgan fingerprint density at radius 3 is 2.83 bits per heavy atom. The van der Waals surface area contributed by atoms with E-state index in [-0.39, 0.29) is 18.6 Å². The number of hydrogen-bond donors (Lipinski definition) is 1. The van der Waals surface area contributed by atoms with Crippen LogP contribution >= 0.6 is 0 Å². The van der Waals surface area contributed by atoms with Gasteiger partial charge >= 0.3 is 0 Å². The number of aryl methyl sites for hydroxylation is 1. The Morgan fingerprint density at radius 2 is 2.00 bits per heavy atom. The van der Waals surface area contributed by atoms with Crippen molar-refractivity contribution < 1.29 is 14.6 Å². The van der Waals surface area contributed by atoms with Gasteiger partial charge in [0.25, 0.3) is 5.91 Å². The number of fused-ring (bicyclic) bond motifs is 1. The molecular weight excluding hydrogens is 290 g/mol. The van der Waals surface area contributed by atoms with Crippen molar-refractivity contribution in [1.29, 1.82) is 0 Å². The third kappa shape index (κ3) is 3.69. The molecule has 0 aromatic heterocycles. The van der Waals surface area contributed by atoms with Crippen molar-refractivity contribution >= 4 is 5.91 Å². The summed E-state index contributed by atoms with van der Waals surface area (Å²) >= 11 is 0. The van der Waals surface area contributed by atoms with Crippen LogP contribution in [0, 0.1) is 0 Å². The Bertz CT molecular complexity index is 558. The van der Waals surface area contributed by atoms with Gasteiger partial charge in [-0.05, 0) is 55.7 Å². The van der Waals surface area contributed by atoms with Crippen LogP contribution < -0.4 is 4.74 Å². The third-order valence-corrected chi connectivity index (χ3v) is 5.29. The smallest absolute Gasteiger partial charge is 0.260 e. The highest BCUT2D eigenvalue weighted by Crippen LogP contribution is 2.29. The maximum absolute atomic E-state index is 12.4. The van der Waals surface area contributed by atoms with E-state index in [1.807, 2.05) is 12.1 Å². The number of aliphatic hydroxyl groups is 1. The molecule has 0 heterocycles. The average Bonchev–Trinajstić information content (AvgIpc) is 2.59. The Labute approximate surface area is 138 Å². The van der Waals surface area contributed by atoms with E-state index in [9.17, 15) is 9.90 Å². The highest BCUT2D eigenvalue weighted by Gasteiger charge is 2.29. The minimum atomic E-state index is -0.401. The Hall–Kier alpha value is -1.55. The van der Waals surface area contributed by atoms with Crippen molar-refractivity contribution in [2.75, 3.05) is 13.7 Å². The fourth-order valence-electron chi connectivity index (χ4n) is 3.85. The second-order valence-corrected chi connectivity index (χ2v) is 6.81. The summed E-state index contributed by atoms with van der Waals surface area (Å²) < 4.78 is 5.84. The number of rotatable bonds is 4. The van der Waals surface area contributed by atoms with Crippen LogP contribution in [0.2, 0.25) is 0 Å². The molecule has 0 aliphatic heterocycles. The number of ether oxygens (including phenoxy) is 1. The highest BCUT2D eigenvalue weighted by molar-refractivity contribution is 5.78. The number of likely N-dealkylation sites (N-methyl/N-ethyl adjacent to an activating group) is 1. The molecule has 1 aromatic rings. The van der Waals surface area contributed by atoms with Crippen LogP contribution in [0.15, 0.2) is 18.2 Å². The van der Waals surface area contributed by atoms with Gasteiger partial charge in [-0.3, -0.25) is 4.79 Å². The SMILES string of the molecule is CN(C(=O)COc1cccc2c1CCCC2)[C@@H]1CCCC[C@H]1O. The molecule has 0 spiro atoms. The third-order valence-electron chi connectivity index (χ3n) is 5.29. The molecule has 1 aromatic carbocycles. The zero-order valence-corrected chi connectivity index (χ0v) is 14.0. The van der Waals surface area contributed by atoms with Crippen molar-refractivity contribution in [3.63, 3.8) is 0 Å². The molecule has 0 unspecified atom stereocenters. The molecule has 0 radical (unpaired) electrons. The topological polar surface area (TPSA) is 49.8 Å². The van der Waals surface area contributed by atoms with Gasteiger partial charge in [0.2, 0.25) is 0 Å². The molecule has 2 aliphatic carbocycles. The van der Waals surface area contributed by atoms with E-state index in [1.165, 1.54) is 24.0 Å². The van der Waals surface area contributed by atoms with E-state index in [2.05, 4.69) is 6.07 Å². The summed E-state index contributed by atoms with van der Waals surface area (Å²) in [6, 6.07) is 6.07. The van der Waals surface area contributed by atoms with Crippen LogP contribution in [0.1, 0.15) is 49.7 Å². The molecule has 1 fully saturated rings. The standard InChI is InChI=1S/C19H27NO3/c1-20(16-10-4-5-11-17(16)21)19(22)13-23-18-12-6-8-14-7-2-3-9-15(14)18/h6,8,12,16-17,21H,2-5,7,9-11,13H2,1H3/t16-,17-/m1/s1. The molecule has 2 aliphatic rings. The van der Waals surface area contributed by atoms with Gasteiger partial charge in [0.1, 0.15) is 5.75 Å². The summed E-state index contributed by atoms with van der Waals surface area (Å²) in [5.74, 6) is 0.803. The lowest BCUT2D eigenvalue weighted by molar-refractivity contribution is -0.137. The van der Waals surface area contributed by atoms with E-state index in [0.717, 1.165) is 44.3 Å². The summed E-state index contributed by atoms with van der Waals surface area (Å²) in [7, 11) is 1.78. The second-order valence-electron chi connectivity index (χ2n) is 6.81. The number of carbonyl (C=O) groups excluding carboxylic acids is 1. The van der Waals surface area contributed by atoms with Crippen molar-refractivity contribution in [1.82, 2.24) is 4.90 Å². The second kappa shape index (κ2) is 7.35. The Morgan fingerprint density at radius 1 is 1.22 bits per heavy atom. The average molecular weight is 317 g/mol. The molecule has 1 N–H and O–H groups in total. The molecule has 0 saturated heterocycles. The van der Waals surface area contributed by atoms with Crippen molar-refractivity contribution in [3.8, 4) is 5.75 Å².